The molecular formula is C28H38N6O4S2. The first-order chi connectivity index (χ1) is 19.1. The van der Waals surface area contributed by atoms with Gasteiger partial charge in [0.1, 0.15) is 12.1 Å². The van der Waals surface area contributed by atoms with Crippen molar-refractivity contribution >= 4 is 39.0 Å². The summed E-state index contributed by atoms with van der Waals surface area (Å²) in [4.78, 5) is 26.2. The molecule has 1 amide bonds. The predicted octanol–water partition coefficient (Wildman–Crippen LogP) is 5.93. The van der Waals surface area contributed by atoms with Crippen LogP contribution in [0.25, 0.3) is 10.4 Å². The van der Waals surface area contributed by atoms with Gasteiger partial charge in [-0.2, -0.15) is 0 Å². The van der Waals surface area contributed by atoms with Gasteiger partial charge in [-0.15, -0.1) is 11.3 Å². The summed E-state index contributed by atoms with van der Waals surface area (Å²) in [5.41, 5.74) is 2.11. The number of rotatable bonds is 10. The smallest absolute Gasteiger partial charge is 0.407 e. The van der Waals surface area contributed by atoms with Crippen molar-refractivity contribution in [2.75, 3.05) is 11.9 Å². The van der Waals surface area contributed by atoms with E-state index in [-0.39, 0.29) is 41.5 Å². The second kappa shape index (κ2) is 13.0. The summed E-state index contributed by atoms with van der Waals surface area (Å²) in [6.07, 6.45) is 6.20. The number of aromatic nitrogens is 3. The van der Waals surface area contributed by atoms with Gasteiger partial charge < -0.3 is 15.4 Å². The van der Waals surface area contributed by atoms with Gasteiger partial charge in [-0.3, -0.25) is 0 Å². The standard InChI is InChI=1S/C28H38N6O4S2/c1-6-32-40(36,37)25-13-21(33-26-14-23(17(2)3)30-16-31-26)11-12-22(25)24-15-29-27(39-24)19-7-9-20(10-8-19)34-28(35)38-18(4)5/h11-20,32H,6-10H2,1-5H3,(H,34,35)(H,30,31,33)/t19-,20-. The van der Waals surface area contributed by atoms with Crippen molar-refractivity contribution in [2.24, 2.45) is 0 Å². The lowest BCUT2D eigenvalue weighted by Crippen LogP contribution is -2.38. The Morgan fingerprint density at radius 3 is 2.50 bits per heavy atom. The fraction of sp³-hybridized carbons (Fsp3) is 0.500. The Morgan fingerprint density at radius 1 is 1.07 bits per heavy atom. The number of ether oxygens (including phenoxy) is 1. The molecule has 0 aliphatic heterocycles. The van der Waals surface area contributed by atoms with Crippen LogP contribution in [0.5, 0.6) is 0 Å². The number of carbonyl (C=O) groups is 1. The summed E-state index contributed by atoms with van der Waals surface area (Å²) in [7, 11) is -3.76. The van der Waals surface area contributed by atoms with Crippen LogP contribution < -0.4 is 15.4 Å². The van der Waals surface area contributed by atoms with Gasteiger partial charge in [-0.1, -0.05) is 26.8 Å². The molecule has 1 fully saturated rings. The number of carbonyl (C=O) groups excluding carboxylic acids is 1. The molecule has 0 radical (unpaired) electrons. The molecule has 2 aromatic heterocycles. The summed E-state index contributed by atoms with van der Waals surface area (Å²) in [5, 5.41) is 7.16. The van der Waals surface area contributed by atoms with E-state index in [0.717, 1.165) is 41.3 Å². The van der Waals surface area contributed by atoms with Crippen LogP contribution in [0.4, 0.5) is 16.3 Å². The molecule has 3 aromatic rings. The third-order valence-corrected chi connectivity index (χ3v) is 9.47. The second-order valence-corrected chi connectivity index (χ2v) is 13.3. The number of hydrogen-bond donors (Lipinski definition) is 3. The highest BCUT2D eigenvalue weighted by molar-refractivity contribution is 7.89. The maximum absolute atomic E-state index is 13.2. The van der Waals surface area contributed by atoms with Crippen LogP contribution in [0, 0.1) is 0 Å². The predicted molar refractivity (Wildman–Crippen MR) is 158 cm³/mol. The molecule has 1 saturated carbocycles. The molecule has 0 atom stereocenters. The number of amides is 1. The monoisotopic (exact) mass is 586 g/mol. The Bertz CT molecular complexity index is 1420. The highest BCUT2D eigenvalue weighted by Crippen LogP contribution is 2.40. The Hall–Kier alpha value is -3.09. The largest absolute Gasteiger partial charge is 0.447 e. The fourth-order valence-corrected chi connectivity index (χ4v) is 7.17. The Labute approximate surface area is 240 Å². The normalized spacial score (nSPS) is 17.7. The van der Waals surface area contributed by atoms with Gasteiger partial charge in [0.05, 0.1) is 20.9 Å². The molecule has 12 heteroatoms. The number of thiazole rings is 1. The average molecular weight is 587 g/mol. The summed E-state index contributed by atoms with van der Waals surface area (Å²) < 4.78 is 34.3. The Balaban J connectivity index is 1.53. The molecule has 4 rings (SSSR count). The first-order valence-electron chi connectivity index (χ1n) is 13.7. The quantitative estimate of drug-likeness (QED) is 0.266. The highest BCUT2D eigenvalue weighted by Gasteiger charge is 2.27. The second-order valence-electron chi connectivity index (χ2n) is 10.5. The maximum atomic E-state index is 13.2. The van der Waals surface area contributed by atoms with E-state index in [4.69, 9.17) is 4.74 Å². The molecule has 216 valence electrons. The molecule has 40 heavy (non-hydrogen) atoms. The number of anilines is 2. The van der Waals surface area contributed by atoms with Crippen molar-refractivity contribution in [3.05, 3.63) is 47.5 Å². The Kier molecular flexibility index (Phi) is 9.75. The van der Waals surface area contributed by atoms with E-state index in [1.54, 1.807) is 19.2 Å². The summed E-state index contributed by atoms with van der Waals surface area (Å²) in [6, 6.07) is 7.26. The fourth-order valence-electron chi connectivity index (χ4n) is 4.70. The lowest BCUT2D eigenvalue weighted by molar-refractivity contribution is 0.109. The SMILES string of the molecule is CCNS(=O)(=O)c1cc(Nc2cc(C(C)C)ncn2)ccc1-c1cnc([C@H]2CC[C@H](NC(=O)OC(C)C)CC2)s1. The van der Waals surface area contributed by atoms with Crippen LogP contribution in [0.15, 0.2) is 41.7 Å². The topological polar surface area (TPSA) is 135 Å². The first kappa shape index (κ1) is 29.9. The van der Waals surface area contributed by atoms with Crippen molar-refractivity contribution < 1.29 is 17.9 Å². The molecule has 2 heterocycles. The van der Waals surface area contributed by atoms with Gasteiger partial charge in [0.2, 0.25) is 10.0 Å². The molecule has 0 bridgehead atoms. The minimum atomic E-state index is -3.76. The molecule has 10 nitrogen and oxygen atoms in total. The zero-order valence-electron chi connectivity index (χ0n) is 23.6. The minimum absolute atomic E-state index is 0.0883. The summed E-state index contributed by atoms with van der Waals surface area (Å²) in [6.45, 7) is 9.80. The first-order valence-corrected chi connectivity index (χ1v) is 16.0. The van der Waals surface area contributed by atoms with E-state index in [9.17, 15) is 13.2 Å². The van der Waals surface area contributed by atoms with Crippen LogP contribution in [-0.2, 0) is 14.8 Å². The number of nitrogens with one attached hydrogen (secondary N) is 3. The molecule has 3 N–H and O–H groups in total. The van der Waals surface area contributed by atoms with Gasteiger partial charge in [-0.05, 0) is 57.6 Å². The number of nitrogens with zero attached hydrogens (tertiary/aromatic N) is 3. The van der Waals surface area contributed by atoms with E-state index in [1.165, 1.54) is 17.7 Å². The number of alkyl carbamates (subject to hydrolysis) is 1. The summed E-state index contributed by atoms with van der Waals surface area (Å²) in [5.74, 6) is 1.10. The van der Waals surface area contributed by atoms with Gasteiger partial charge in [0, 0.05) is 47.7 Å². The average Bonchev–Trinajstić information content (AvgIpc) is 3.39. The van der Waals surface area contributed by atoms with Crippen LogP contribution in [0.1, 0.15) is 82.8 Å². The zero-order valence-corrected chi connectivity index (χ0v) is 25.2. The molecule has 0 spiro atoms. The third kappa shape index (κ3) is 7.55. The maximum Gasteiger partial charge on any atom is 0.407 e. The van der Waals surface area contributed by atoms with Crippen molar-refractivity contribution in [1.29, 1.82) is 0 Å². The van der Waals surface area contributed by atoms with E-state index >= 15 is 0 Å². The van der Waals surface area contributed by atoms with Crippen LogP contribution >= 0.6 is 11.3 Å². The zero-order chi connectivity index (χ0) is 28.9. The Morgan fingerprint density at radius 2 is 1.82 bits per heavy atom. The highest BCUT2D eigenvalue weighted by atomic mass is 32.2. The number of sulfonamides is 1. The number of hydrogen-bond acceptors (Lipinski definition) is 9. The van der Waals surface area contributed by atoms with Crippen LogP contribution in [0.2, 0.25) is 0 Å². The number of benzene rings is 1. The van der Waals surface area contributed by atoms with E-state index < -0.39 is 10.0 Å². The van der Waals surface area contributed by atoms with Crippen LogP contribution in [0.3, 0.4) is 0 Å². The van der Waals surface area contributed by atoms with Crippen molar-refractivity contribution in [3.63, 3.8) is 0 Å². The molecular weight excluding hydrogens is 548 g/mol. The van der Waals surface area contributed by atoms with Crippen molar-refractivity contribution in [3.8, 4) is 10.4 Å². The van der Waals surface area contributed by atoms with Crippen molar-refractivity contribution in [2.45, 2.75) is 89.2 Å². The minimum Gasteiger partial charge on any atom is -0.447 e. The molecule has 0 saturated heterocycles. The van der Waals surface area contributed by atoms with Crippen LogP contribution in [-0.4, -0.2) is 48.2 Å². The lowest BCUT2D eigenvalue weighted by atomic mass is 9.86. The summed E-state index contributed by atoms with van der Waals surface area (Å²) >= 11 is 1.52. The molecule has 1 aromatic carbocycles. The molecule has 1 aliphatic carbocycles. The van der Waals surface area contributed by atoms with Gasteiger partial charge >= 0.3 is 6.09 Å². The van der Waals surface area contributed by atoms with Gasteiger partial charge in [0.25, 0.3) is 0 Å². The van der Waals surface area contributed by atoms with E-state index in [2.05, 4.69) is 44.2 Å². The van der Waals surface area contributed by atoms with Gasteiger partial charge in [-0.25, -0.2) is 32.9 Å². The lowest BCUT2D eigenvalue weighted by Gasteiger charge is -2.28. The molecule has 1 aliphatic rings. The van der Waals surface area contributed by atoms with E-state index in [0.29, 0.717) is 17.1 Å². The van der Waals surface area contributed by atoms with Gasteiger partial charge in [0.15, 0.2) is 0 Å². The van der Waals surface area contributed by atoms with Crippen molar-refractivity contribution in [1.82, 2.24) is 25.0 Å². The van der Waals surface area contributed by atoms with E-state index in [1.807, 2.05) is 32.0 Å². The third-order valence-electron chi connectivity index (χ3n) is 6.69. The molecule has 0 unspecified atom stereocenters.